The first-order valence-electron chi connectivity index (χ1n) is 6.66. The number of nitrogens with one attached hydrogen (secondary N) is 1. The predicted octanol–water partition coefficient (Wildman–Crippen LogP) is 2.13. The molecule has 1 atom stereocenters. The molecule has 1 rings (SSSR count). The first kappa shape index (κ1) is 16.1. The average Bonchev–Trinajstić information content (AvgIpc) is 2.33. The zero-order chi connectivity index (χ0) is 14.5. The molecule has 1 aliphatic heterocycles. The van der Waals surface area contributed by atoms with Crippen LogP contribution in [-0.2, 0) is 9.53 Å². The van der Waals surface area contributed by atoms with Crippen LogP contribution in [0.1, 0.15) is 40.0 Å². The SMILES string of the molecule is CC(C)(C)OC(=O)NC[C@H]1CCCCN1C(=O)CCl. The second-order valence-corrected chi connectivity index (χ2v) is 6.02. The summed E-state index contributed by atoms with van der Waals surface area (Å²) in [6.45, 7) is 6.58. The van der Waals surface area contributed by atoms with E-state index in [-0.39, 0.29) is 17.8 Å². The van der Waals surface area contributed by atoms with Crippen LogP contribution < -0.4 is 5.32 Å². The normalized spacial score (nSPS) is 20.0. The molecule has 0 bridgehead atoms. The molecule has 1 saturated heterocycles. The zero-order valence-electron chi connectivity index (χ0n) is 11.9. The third-order valence-electron chi connectivity index (χ3n) is 2.94. The molecule has 0 aromatic rings. The van der Waals surface area contributed by atoms with Gasteiger partial charge in [-0.3, -0.25) is 4.79 Å². The Labute approximate surface area is 119 Å². The number of piperidine rings is 1. The number of likely N-dealkylation sites (tertiary alicyclic amines) is 1. The molecule has 1 aliphatic rings. The van der Waals surface area contributed by atoms with Crippen LogP contribution in [0.3, 0.4) is 0 Å². The molecule has 0 saturated carbocycles. The summed E-state index contributed by atoms with van der Waals surface area (Å²) in [4.78, 5) is 25.0. The smallest absolute Gasteiger partial charge is 0.407 e. The van der Waals surface area contributed by atoms with Gasteiger partial charge in [-0.2, -0.15) is 0 Å². The van der Waals surface area contributed by atoms with E-state index in [1.165, 1.54) is 0 Å². The van der Waals surface area contributed by atoms with Crippen molar-refractivity contribution in [3.05, 3.63) is 0 Å². The highest BCUT2D eigenvalue weighted by Gasteiger charge is 2.27. The van der Waals surface area contributed by atoms with Crippen molar-refractivity contribution in [3.8, 4) is 0 Å². The minimum atomic E-state index is -0.512. The maximum atomic E-state index is 11.7. The minimum Gasteiger partial charge on any atom is -0.444 e. The van der Waals surface area contributed by atoms with Crippen molar-refractivity contribution in [2.75, 3.05) is 19.0 Å². The monoisotopic (exact) mass is 290 g/mol. The summed E-state index contributed by atoms with van der Waals surface area (Å²) < 4.78 is 5.17. The molecule has 0 spiro atoms. The number of hydrogen-bond donors (Lipinski definition) is 1. The van der Waals surface area contributed by atoms with E-state index >= 15 is 0 Å². The molecule has 19 heavy (non-hydrogen) atoms. The third kappa shape index (κ3) is 5.68. The Morgan fingerprint density at radius 1 is 1.37 bits per heavy atom. The van der Waals surface area contributed by atoms with Crippen molar-refractivity contribution in [3.63, 3.8) is 0 Å². The van der Waals surface area contributed by atoms with Crippen LogP contribution in [0.4, 0.5) is 4.79 Å². The van der Waals surface area contributed by atoms with Crippen molar-refractivity contribution in [2.24, 2.45) is 0 Å². The highest BCUT2D eigenvalue weighted by molar-refractivity contribution is 6.27. The van der Waals surface area contributed by atoms with E-state index in [0.717, 1.165) is 19.3 Å². The highest BCUT2D eigenvalue weighted by atomic mass is 35.5. The standard InChI is InChI=1S/C13H23ClN2O3/c1-13(2,3)19-12(18)15-9-10-6-4-5-7-16(10)11(17)8-14/h10H,4-9H2,1-3H3,(H,15,18)/t10-/m1/s1. The van der Waals surface area contributed by atoms with Crippen LogP contribution >= 0.6 is 11.6 Å². The summed E-state index contributed by atoms with van der Waals surface area (Å²) in [7, 11) is 0. The van der Waals surface area contributed by atoms with Crippen LogP contribution in [0.15, 0.2) is 0 Å². The minimum absolute atomic E-state index is 0.0110. The topological polar surface area (TPSA) is 58.6 Å². The molecule has 0 aromatic heterocycles. The van der Waals surface area contributed by atoms with E-state index in [0.29, 0.717) is 13.1 Å². The van der Waals surface area contributed by atoms with Gasteiger partial charge in [-0.05, 0) is 40.0 Å². The first-order chi connectivity index (χ1) is 8.83. The molecular formula is C13H23ClN2O3. The fraction of sp³-hybridized carbons (Fsp3) is 0.846. The predicted molar refractivity (Wildman–Crippen MR) is 74.3 cm³/mol. The Bertz CT molecular complexity index is 328. The summed E-state index contributed by atoms with van der Waals surface area (Å²) in [5, 5.41) is 2.72. The molecular weight excluding hydrogens is 268 g/mol. The fourth-order valence-corrected chi connectivity index (χ4v) is 2.29. The maximum absolute atomic E-state index is 11.7. The highest BCUT2D eigenvalue weighted by Crippen LogP contribution is 2.17. The van der Waals surface area contributed by atoms with Gasteiger partial charge in [-0.15, -0.1) is 11.6 Å². The molecule has 0 aliphatic carbocycles. The lowest BCUT2D eigenvalue weighted by atomic mass is 10.0. The Morgan fingerprint density at radius 3 is 2.63 bits per heavy atom. The van der Waals surface area contributed by atoms with Crippen molar-refractivity contribution >= 4 is 23.6 Å². The number of halogens is 1. The lowest BCUT2D eigenvalue weighted by molar-refractivity contribution is -0.132. The van der Waals surface area contributed by atoms with E-state index in [1.807, 2.05) is 20.8 Å². The number of hydrogen-bond acceptors (Lipinski definition) is 3. The largest absolute Gasteiger partial charge is 0.444 e. The number of alkyl carbamates (subject to hydrolysis) is 1. The molecule has 1 fully saturated rings. The zero-order valence-corrected chi connectivity index (χ0v) is 12.6. The average molecular weight is 291 g/mol. The molecule has 5 nitrogen and oxygen atoms in total. The first-order valence-corrected chi connectivity index (χ1v) is 7.19. The van der Waals surface area contributed by atoms with Crippen LogP contribution in [0.5, 0.6) is 0 Å². The molecule has 0 radical (unpaired) electrons. The maximum Gasteiger partial charge on any atom is 0.407 e. The van der Waals surface area contributed by atoms with Gasteiger partial charge in [0.15, 0.2) is 0 Å². The molecule has 0 unspecified atom stereocenters. The van der Waals surface area contributed by atoms with Crippen LogP contribution in [0, 0.1) is 0 Å². The molecule has 6 heteroatoms. The van der Waals surface area contributed by atoms with E-state index < -0.39 is 11.7 Å². The van der Waals surface area contributed by atoms with Gasteiger partial charge in [0.05, 0.1) is 0 Å². The Hall–Kier alpha value is -0.970. The number of alkyl halides is 1. The summed E-state index contributed by atoms with van der Waals surface area (Å²) in [6.07, 6.45) is 2.49. The number of carbonyl (C=O) groups is 2. The number of carbonyl (C=O) groups excluding carboxylic acids is 2. The molecule has 2 amide bonds. The lowest BCUT2D eigenvalue weighted by Gasteiger charge is -2.35. The molecule has 0 aromatic carbocycles. The summed E-state index contributed by atoms with van der Waals surface area (Å²) in [5.74, 6) is -0.0829. The number of nitrogens with zero attached hydrogens (tertiary/aromatic N) is 1. The summed E-state index contributed by atoms with van der Waals surface area (Å²) >= 11 is 5.60. The van der Waals surface area contributed by atoms with Crippen molar-refractivity contribution in [1.82, 2.24) is 10.2 Å². The van der Waals surface area contributed by atoms with E-state index in [2.05, 4.69) is 5.32 Å². The van der Waals surface area contributed by atoms with E-state index in [1.54, 1.807) is 4.90 Å². The van der Waals surface area contributed by atoms with Gasteiger partial charge < -0.3 is 15.0 Å². The number of amides is 2. The fourth-order valence-electron chi connectivity index (χ4n) is 2.13. The van der Waals surface area contributed by atoms with E-state index in [4.69, 9.17) is 16.3 Å². The summed E-state index contributed by atoms with van der Waals surface area (Å²) in [6, 6.07) is 0.0209. The Kier molecular flexibility index (Phi) is 5.91. The Morgan fingerprint density at radius 2 is 2.05 bits per heavy atom. The van der Waals surface area contributed by atoms with Crippen LogP contribution in [0.25, 0.3) is 0 Å². The van der Waals surface area contributed by atoms with Gasteiger partial charge in [0, 0.05) is 19.1 Å². The third-order valence-corrected chi connectivity index (χ3v) is 3.17. The van der Waals surface area contributed by atoms with Gasteiger partial charge in [0.25, 0.3) is 0 Å². The lowest BCUT2D eigenvalue weighted by Crippen LogP contribution is -2.50. The van der Waals surface area contributed by atoms with Crippen molar-refractivity contribution < 1.29 is 14.3 Å². The van der Waals surface area contributed by atoms with Gasteiger partial charge in [0.1, 0.15) is 11.5 Å². The van der Waals surface area contributed by atoms with Gasteiger partial charge in [-0.25, -0.2) is 4.79 Å². The van der Waals surface area contributed by atoms with E-state index in [9.17, 15) is 9.59 Å². The van der Waals surface area contributed by atoms with Crippen LogP contribution in [0.2, 0.25) is 0 Å². The van der Waals surface area contributed by atoms with Crippen LogP contribution in [-0.4, -0.2) is 47.5 Å². The Balaban J connectivity index is 2.45. The second-order valence-electron chi connectivity index (χ2n) is 5.75. The number of ether oxygens (including phenoxy) is 1. The van der Waals surface area contributed by atoms with Gasteiger partial charge >= 0.3 is 6.09 Å². The molecule has 110 valence electrons. The number of rotatable bonds is 3. The van der Waals surface area contributed by atoms with Crippen molar-refractivity contribution in [2.45, 2.75) is 51.7 Å². The van der Waals surface area contributed by atoms with Gasteiger partial charge in [0.2, 0.25) is 5.91 Å². The van der Waals surface area contributed by atoms with Gasteiger partial charge in [-0.1, -0.05) is 0 Å². The van der Waals surface area contributed by atoms with Crippen molar-refractivity contribution in [1.29, 1.82) is 0 Å². The quantitative estimate of drug-likeness (QED) is 0.810. The molecule has 1 N–H and O–H groups in total. The summed E-state index contributed by atoms with van der Waals surface area (Å²) in [5.41, 5.74) is -0.512. The second kappa shape index (κ2) is 6.98. The molecule has 1 heterocycles.